The van der Waals surface area contributed by atoms with Crippen LogP contribution in [0.5, 0.6) is 0 Å². The largest absolute Gasteiger partial charge is 0.469 e. The molecule has 1 rings (SSSR count). The SMILES string of the molecule is COC(=O)[C@@H](C)CCCCC1CCCCC(=O)N1C(=O)OC(C)(C)C. The van der Waals surface area contributed by atoms with Crippen LogP contribution in [0.1, 0.15) is 79.1 Å². The number of methoxy groups -OCH3 is 1. The third-order valence-corrected chi connectivity index (χ3v) is 4.43. The number of nitrogens with zero attached hydrogens (tertiary/aromatic N) is 1. The van der Waals surface area contributed by atoms with Gasteiger partial charge in [-0.05, 0) is 46.5 Å². The van der Waals surface area contributed by atoms with Gasteiger partial charge < -0.3 is 9.47 Å². The summed E-state index contributed by atoms with van der Waals surface area (Å²) in [5, 5.41) is 0. The quantitative estimate of drug-likeness (QED) is 0.530. The van der Waals surface area contributed by atoms with Crippen molar-refractivity contribution in [2.24, 2.45) is 5.92 Å². The van der Waals surface area contributed by atoms with Crippen molar-refractivity contribution in [3.8, 4) is 0 Å². The van der Waals surface area contributed by atoms with E-state index in [-0.39, 0.29) is 23.8 Å². The third-order valence-electron chi connectivity index (χ3n) is 4.43. The lowest BCUT2D eigenvalue weighted by Crippen LogP contribution is -2.46. The Kier molecular flexibility index (Phi) is 8.39. The number of ether oxygens (including phenoxy) is 2. The summed E-state index contributed by atoms with van der Waals surface area (Å²) in [6.07, 6.45) is 5.65. The van der Waals surface area contributed by atoms with Gasteiger partial charge in [0.05, 0.1) is 13.0 Å². The standard InChI is InChI=1S/C19H33NO5/c1-14(17(22)24-5)10-6-7-11-15-12-8-9-13-16(21)20(15)18(23)25-19(2,3)4/h14-15H,6-13H2,1-5H3/t14-,15?/m0/s1. The van der Waals surface area contributed by atoms with E-state index in [0.29, 0.717) is 6.42 Å². The molecule has 6 nitrogen and oxygen atoms in total. The average molecular weight is 355 g/mol. The average Bonchev–Trinajstić information content (AvgIpc) is 2.70. The van der Waals surface area contributed by atoms with Crippen molar-refractivity contribution in [2.45, 2.75) is 90.7 Å². The molecule has 0 radical (unpaired) electrons. The van der Waals surface area contributed by atoms with Crippen molar-refractivity contribution in [3.63, 3.8) is 0 Å². The Hall–Kier alpha value is -1.59. The molecule has 1 aliphatic rings. The van der Waals surface area contributed by atoms with Crippen LogP contribution in [0.4, 0.5) is 4.79 Å². The van der Waals surface area contributed by atoms with E-state index in [0.717, 1.165) is 44.9 Å². The number of carbonyl (C=O) groups is 3. The Morgan fingerprint density at radius 1 is 1.24 bits per heavy atom. The number of carbonyl (C=O) groups excluding carboxylic acids is 3. The van der Waals surface area contributed by atoms with Crippen molar-refractivity contribution < 1.29 is 23.9 Å². The summed E-state index contributed by atoms with van der Waals surface area (Å²) in [5.74, 6) is -0.456. The van der Waals surface area contributed by atoms with Gasteiger partial charge in [0.25, 0.3) is 0 Å². The molecule has 0 aromatic heterocycles. The second-order valence-electron chi connectivity index (χ2n) is 7.85. The number of amides is 2. The zero-order valence-electron chi connectivity index (χ0n) is 16.3. The van der Waals surface area contributed by atoms with Gasteiger partial charge in [0.2, 0.25) is 5.91 Å². The maximum atomic E-state index is 12.5. The van der Waals surface area contributed by atoms with Gasteiger partial charge in [-0.15, -0.1) is 0 Å². The molecule has 1 aliphatic heterocycles. The van der Waals surface area contributed by atoms with Crippen LogP contribution in [0.15, 0.2) is 0 Å². The number of likely N-dealkylation sites (tertiary alicyclic amines) is 1. The Morgan fingerprint density at radius 2 is 1.92 bits per heavy atom. The van der Waals surface area contributed by atoms with Crippen LogP contribution in [0, 0.1) is 5.92 Å². The molecule has 1 unspecified atom stereocenters. The number of rotatable bonds is 6. The van der Waals surface area contributed by atoms with E-state index < -0.39 is 11.7 Å². The van der Waals surface area contributed by atoms with Gasteiger partial charge in [-0.3, -0.25) is 9.59 Å². The molecule has 0 N–H and O–H groups in total. The summed E-state index contributed by atoms with van der Waals surface area (Å²) in [6, 6.07) is -0.113. The van der Waals surface area contributed by atoms with Crippen LogP contribution < -0.4 is 0 Å². The van der Waals surface area contributed by atoms with Gasteiger partial charge in [-0.25, -0.2) is 9.69 Å². The summed E-state index contributed by atoms with van der Waals surface area (Å²) in [4.78, 5) is 37.6. The number of esters is 1. The molecule has 0 bridgehead atoms. The fourth-order valence-electron chi connectivity index (χ4n) is 3.09. The highest BCUT2D eigenvalue weighted by molar-refractivity contribution is 5.92. The lowest BCUT2D eigenvalue weighted by Gasteiger charge is -2.31. The summed E-state index contributed by atoms with van der Waals surface area (Å²) in [5.41, 5.74) is -0.621. The number of imide groups is 1. The van der Waals surface area contributed by atoms with Gasteiger partial charge in [0.1, 0.15) is 5.60 Å². The summed E-state index contributed by atoms with van der Waals surface area (Å²) in [7, 11) is 1.40. The first-order valence-electron chi connectivity index (χ1n) is 9.28. The zero-order valence-corrected chi connectivity index (χ0v) is 16.3. The Bertz CT molecular complexity index is 469. The van der Waals surface area contributed by atoms with Gasteiger partial charge >= 0.3 is 12.1 Å². The van der Waals surface area contributed by atoms with Crippen LogP contribution in [0.2, 0.25) is 0 Å². The second-order valence-corrected chi connectivity index (χ2v) is 7.85. The van der Waals surface area contributed by atoms with E-state index in [1.807, 2.05) is 6.92 Å². The molecule has 0 aromatic rings. The molecule has 2 amide bonds. The maximum Gasteiger partial charge on any atom is 0.417 e. The molecule has 0 aliphatic carbocycles. The minimum atomic E-state index is -0.621. The molecule has 6 heteroatoms. The molecular weight excluding hydrogens is 322 g/mol. The molecule has 144 valence electrons. The molecule has 1 saturated heterocycles. The fourth-order valence-corrected chi connectivity index (χ4v) is 3.09. The highest BCUT2D eigenvalue weighted by Gasteiger charge is 2.34. The third kappa shape index (κ3) is 7.45. The first kappa shape index (κ1) is 21.5. The maximum absolute atomic E-state index is 12.5. The van der Waals surface area contributed by atoms with Crippen LogP contribution in [-0.4, -0.2) is 41.6 Å². The molecule has 25 heavy (non-hydrogen) atoms. The zero-order chi connectivity index (χ0) is 19.0. The molecule has 0 saturated carbocycles. The second kappa shape index (κ2) is 9.78. The number of hydrogen-bond acceptors (Lipinski definition) is 5. The molecule has 1 heterocycles. The van der Waals surface area contributed by atoms with Crippen LogP contribution in [0.3, 0.4) is 0 Å². The van der Waals surface area contributed by atoms with Gasteiger partial charge in [0, 0.05) is 12.5 Å². The van der Waals surface area contributed by atoms with Crippen molar-refractivity contribution in [3.05, 3.63) is 0 Å². The van der Waals surface area contributed by atoms with Crippen LogP contribution >= 0.6 is 0 Å². The normalized spacial score (nSPS) is 20.0. The molecule has 0 aromatic carbocycles. The predicted molar refractivity (Wildman–Crippen MR) is 95.0 cm³/mol. The summed E-state index contributed by atoms with van der Waals surface area (Å²) in [6.45, 7) is 7.26. The van der Waals surface area contributed by atoms with E-state index in [1.54, 1.807) is 20.8 Å². The number of hydrogen-bond donors (Lipinski definition) is 0. The smallest absolute Gasteiger partial charge is 0.417 e. The van der Waals surface area contributed by atoms with E-state index in [4.69, 9.17) is 9.47 Å². The van der Waals surface area contributed by atoms with Gasteiger partial charge in [0.15, 0.2) is 0 Å². The minimum Gasteiger partial charge on any atom is -0.469 e. The highest BCUT2D eigenvalue weighted by atomic mass is 16.6. The summed E-state index contributed by atoms with van der Waals surface area (Å²) >= 11 is 0. The van der Waals surface area contributed by atoms with Crippen molar-refractivity contribution >= 4 is 18.0 Å². The predicted octanol–water partition coefficient (Wildman–Crippen LogP) is 4.06. The van der Waals surface area contributed by atoms with Gasteiger partial charge in [-0.2, -0.15) is 0 Å². The van der Waals surface area contributed by atoms with Crippen molar-refractivity contribution in [1.82, 2.24) is 4.90 Å². The first-order chi connectivity index (χ1) is 11.7. The Labute approximate surface area is 151 Å². The molecule has 1 fully saturated rings. The Morgan fingerprint density at radius 3 is 2.52 bits per heavy atom. The van der Waals surface area contributed by atoms with Crippen LogP contribution in [0.25, 0.3) is 0 Å². The summed E-state index contributed by atoms with van der Waals surface area (Å²) < 4.78 is 10.2. The Balaban J connectivity index is 2.61. The lowest BCUT2D eigenvalue weighted by molar-refractivity contribution is -0.145. The number of unbranched alkanes of at least 4 members (excludes halogenated alkanes) is 1. The lowest BCUT2D eigenvalue weighted by atomic mass is 9.99. The first-order valence-corrected chi connectivity index (χ1v) is 9.28. The molecular formula is C19H33NO5. The monoisotopic (exact) mass is 355 g/mol. The highest BCUT2D eigenvalue weighted by Crippen LogP contribution is 2.25. The van der Waals surface area contributed by atoms with E-state index >= 15 is 0 Å². The van der Waals surface area contributed by atoms with E-state index in [1.165, 1.54) is 12.0 Å². The minimum absolute atomic E-state index is 0.113. The molecule has 0 spiro atoms. The van der Waals surface area contributed by atoms with Crippen molar-refractivity contribution in [2.75, 3.05) is 7.11 Å². The molecule has 2 atom stereocenters. The topological polar surface area (TPSA) is 72.9 Å². The fraction of sp³-hybridized carbons (Fsp3) is 0.842. The van der Waals surface area contributed by atoms with Crippen LogP contribution in [-0.2, 0) is 19.1 Å². The van der Waals surface area contributed by atoms with E-state index in [2.05, 4.69) is 0 Å². The van der Waals surface area contributed by atoms with Crippen molar-refractivity contribution in [1.29, 1.82) is 0 Å². The van der Waals surface area contributed by atoms with Gasteiger partial charge in [-0.1, -0.05) is 26.2 Å². The van der Waals surface area contributed by atoms with E-state index in [9.17, 15) is 14.4 Å².